The van der Waals surface area contributed by atoms with Crippen molar-refractivity contribution in [1.82, 2.24) is 5.32 Å². The lowest BCUT2D eigenvalue weighted by Crippen LogP contribution is -2.36. The van der Waals surface area contributed by atoms with Crippen LogP contribution in [0, 0.1) is 11.8 Å². The maximum absolute atomic E-state index is 11.0. The van der Waals surface area contributed by atoms with Gasteiger partial charge in [-0.2, -0.15) is 11.8 Å². The van der Waals surface area contributed by atoms with Gasteiger partial charge in [-0.15, -0.1) is 0 Å². The molecule has 1 saturated carbocycles. The van der Waals surface area contributed by atoms with Gasteiger partial charge in [0.25, 0.3) is 0 Å². The highest BCUT2D eigenvalue weighted by Crippen LogP contribution is 2.28. The minimum atomic E-state index is -0.0985. The maximum atomic E-state index is 11.0. The van der Waals surface area contributed by atoms with Gasteiger partial charge in [-0.1, -0.05) is 0 Å². The van der Waals surface area contributed by atoms with Crippen molar-refractivity contribution < 1.29 is 4.79 Å². The van der Waals surface area contributed by atoms with Crippen LogP contribution >= 0.6 is 11.8 Å². The Balaban J connectivity index is 1.63. The number of primary amides is 1. The van der Waals surface area contributed by atoms with Crippen LogP contribution in [0.3, 0.4) is 0 Å². The van der Waals surface area contributed by atoms with Gasteiger partial charge in [0.1, 0.15) is 0 Å². The molecule has 16 heavy (non-hydrogen) atoms. The fourth-order valence-electron chi connectivity index (χ4n) is 2.68. The molecule has 0 bridgehead atoms. The molecule has 0 radical (unpaired) electrons. The zero-order valence-electron chi connectivity index (χ0n) is 9.78. The molecular weight excluding hydrogens is 220 g/mol. The van der Waals surface area contributed by atoms with Crippen molar-refractivity contribution >= 4 is 17.7 Å². The highest BCUT2D eigenvalue weighted by atomic mass is 32.2. The number of carbonyl (C=O) groups is 1. The average Bonchev–Trinajstić information content (AvgIpc) is 2.80. The molecule has 1 heterocycles. The Kier molecular flexibility index (Phi) is 4.53. The number of nitrogens with two attached hydrogens (primary N) is 1. The lowest BCUT2D eigenvalue weighted by atomic mass is 9.81. The Bertz CT molecular complexity index is 233. The maximum Gasteiger partial charge on any atom is 0.220 e. The second-order valence-corrected chi connectivity index (χ2v) is 6.24. The van der Waals surface area contributed by atoms with E-state index in [-0.39, 0.29) is 11.8 Å². The van der Waals surface area contributed by atoms with Crippen LogP contribution in [-0.2, 0) is 4.79 Å². The molecule has 1 unspecified atom stereocenters. The number of amides is 1. The Morgan fingerprint density at radius 1 is 1.25 bits per heavy atom. The molecule has 3 nitrogen and oxygen atoms in total. The van der Waals surface area contributed by atoms with Crippen LogP contribution < -0.4 is 11.1 Å². The topological polar surface area (TPSA) is 55.1 Å². The van der Waals surface area contributed by atoms with Gasteiger partial charge in [0.05, 0.1) is 0 Å². The summed E-state index contributed by atoms with van der Waals surface area (Å²) in [7, 11) is 0. The Morgan fingerprint density at radius 2 is 2.00 bits per heavy atom. The highest BCUT2D eigenvalue weighted by molar-refractivity contribution is 7.99. The third-order valence-electron chi connectivity index (χ3n) is 3.87. The lowest BCUT2D eigenvalue weighted by molar-refractivity contribution is -0.122. The number of rotatable bonds is 4. The van der Waals surface area contributed by atoms with Crippen LogP contribution in [0.4, 0.5) is 0 Å². The van der Waals surface area contributed by atoms with Crippen LogP contribution in [0.15, 0.2) is 0 Å². The summed E-state index contributed by atoms with van der Waals surface area (Å²) in [6.07, 6.45) is 5.66. The molecule has 2 fully saturated rings. The van der Waals surface area contributed by atoms with E-state index in [4.69, 9.17) is 5.73 Å². The van der Waals surface area contributed by atoms with E-state index in [9.17, 15) is 4.79 Å². The van der Waals surface area contributed by atoms with Crippen molar-refractivity contribution in [1.29, 1.82) is 0 Å². The predicted molar refractivity (Wildman–Crippen MR) is 68.4 cm³/mol. The average molecular weight is 242 g/mol. The fourth-order valence-corrected chi connectivity index (χ4v) is 3.87. The van der Waals surface area contributed by atoms with Gasteiger partial charge in [-0.05, 0) is 50.3 Å². The standard InChI is InChI=1S/C12H22N2OS/c13-12(15)10-3-1-9(2-4-10)7-14-11-5-6-16-8-11/h9-11,14H,1-8H2,(H2,13,15). The van der Waals surface area contributed by atoms with Gasteiger partial charge in [0.2, 0.25) is 5.91 Å². The SMILES string of the molecule is NC(=O)C1CCC(CNC2CCSC2)CC1. The van der Waals surface area contributed by atoms with E-state index < -0.39 is 0 Å². The monoisotopic (exact) mass is 242 g/mol. The van der Waals surface area contributed by atoms with Gasteiger partial charge in [0, 0.05) is 17.7 Å². The highest BCUT2D eigenvalue weighted by Gasteiger charge is 2.25. The van der Waals surface area contributed by atoms with Crippen LogP contribution in [0.25, 0.3) is 0 Å². The van der Waals surface area contributed by atoms with Crippen molar-refractivity contribution in [3.05, 3.63) is 0 Å². The molecule has 0 aromatic heterocycles. The summed E-state index contributed by atoms with van der Waals surface area (Å²) < 4.78 is 0. The van der Waals surface area contributed by atoms with E-state index in [1.807, 2.05) is 11.8 Å². The Hall–Kier alpha value is -0.220. The molecule has 1 aliphatic heterocycles. The normalized spacial score (nSPS) is 35.1. The first-order valence-corrected chi connectivity index (χ1v) is 7.51. The van der Waals surface area contributed by atoms with E-state index in [1.54, 1.807) is 0 Å². The molecule has 2 rings (SSSR count). The summed E-state index contributed by atoms with van der Waals surface area (Å²) in [6.45, 7) is 1.14. The van der Waals surface area contributed by atoms with Crippen molar-refractivity contribution in [2.45, 2.75) is 38.1 Å². The number of thioether (sulfide) groups is 1. The zero-order chi connectivity index (χ0) is 11.4. The zero-order valence-corrected chi connectivity index (χ0v) is 10.6. The summed E-state index contributed by atoms with van der Waals surface area (Å²) in [6, 6.07) is 0.735. The Labute approximate surface area is 102 Å². The molecule has 1 aliphatic carbocycles. The number of nitrogens with one attached hydrogen (secondary N) is 1. The van der Waals surface area contributed by atoms with Crippen molar-refractivity contribution in [2.24, 2.45) is 17.6 Å². The minimum Gasteiger partial charge on any atom is -0.369 e. The second kappa shape index (κ2) is 5.92. The minimum absolute atomic E-state index is 0.0985. The van der Waals surface area contributed by atoms with Crippen molar-refractivity contribution in [3.8, 4) is 0 Å². The van der Waals surface area contributed by atoms with E-state index in [2.05, 4.69) is 5.32 Å². The molecule has 1 atom stereocenters. The fraction of sp³-hybridized carbons (Fsp3) is 0.917. The van der Waals surface area contributed by atoms with E-state index in [1.165, 1.54) is 30.8 Å². The molecule has 2 aliphatic rings. The first-order chi connectivity index (χ1) is 7.75. The van der Waals surface area contributed by atoms with Crippen LogP contribution in [0.1, 0.15) is 32.1 Å². The molecule has 1 saturated heterocycles. The summed E-state index contributed by atoms with van der Waals surface area (Å²) in [5.41, 5.74) is 5.33. The smallest absolute Gasteiger partial charge is 0.220 e. The third kappa shape index (κ3) is 3.39. The molecule has 4 heteroatoms. The summed E-state index contributed by atoms with van der Waals surface area (Å²) >= 11 is 2.05. The quantitative estimate of drug-likeness (QED) is 0.783. The second-order valence-electron chi connectivity index (χ2n) is 5.09. The molecule has 92 valence electrons. The lowest BCUT2D eigenvalue weighted by Gasteiger charge is -2.27. The Morgan fingerprint density at radius 3 is 2.56 bits per heavy atom. The van der Waals surface area contributed by atoms with Gasteiger partial charge in [-0.25, -0.2) is 0 Å². The molecule has 0 spiro atoms. The van der Waals surface area contributed by atoms with Crippen molar-refractivity contribution in [3.63, 3.8) is 0 Å². The van der Waals surface area contributed by atoms with Crippen LogP contribution in [-0.4, -0.2) is 30.0 Å². The molecule has 0 aromatic rings. The van der Waals surface area contributed by atoms with Crippen molar-refractivity contribution in [2.75, 3.05) is 18.1 Å². The van der Waals surface area contributed by atoms with E-state index >= 15 is 0 Å². The number of carbonyl (C=O) groups excluding carboxylic acids is 1. The number of hydrogen-bond donors (Lipinski definition) is 2. The molecule has 1 amide bonds. The molecule has 0 aromatic carbocycles. The third-order valence-corrected chi connectivity index (χ3v) is 5.04. The summed E-state index contributed by atoms with van der Waals surface area (Å²) in [5, 5.41) is 3.66. The number of hydrogen-bond acceptors (Lipinski definition) is 3. The van der Waals surface area contributed by atoms with Crippen LogP contribution in [0.5, 0.6) is 0 Å². The van der Waals surface area contributed by atoms with Gasteiger partial charge in [0.15, 0.2) is 0 Å². The van der Waals surface area contributed by atoms with E-state index in [0.29, 0.717) is 0 Å². The van der Waals surface area contributed by atoms with E-state index in [0.717, 1.165) is 31.3 Å². The van der Waals surface area contributed by atoms with Gasteiger partial charge < -0.3 is 11.1 Å². The van der Waals surface area contributed by atoms with Gasteiger partial charge >= 0.3 is 0 Å². The first-order valence-electron chi connectivity index (χ1n) is 6.36. The van der Waals surface area contributed by atoms with Crippen LogP contribution in [0.2, 0.25) is 0 Å². The van der Waals surface area contributed by atoms with Gasteiger partial charge in [-0.3, -0.25) is 4.79 Å². The predicted octanol–water partition coefficient (Wildman–Crippen LogP) is 1.37. The molecular formula is C12H22N2OS. The summed E-state index contributed by atoms with van der Waals surface area (Å²) in [5.74, 6) is 3.40. The first kappa shape index (κ1) is 12.2. The largest absolute Gasteiger partial charge is 0.369 e. The molecule has 3 N–H and O–H groups in total. The summed E-state index contributed by atoms with van der Waals surface area (Å²) in [4.78, 5) is 11.0.